The number of carbonyl (C=O) groups is 1. The van der Waals surface area contributed by atoms with E-state index >= 15 is 0 Å². The van der Waals surface area contributed by atoms with E-state index in [1.54, 1.807) is 12.1 Å². The third kappa shape index (κ3) is 5.24. The van der Waals surface area contributed by atoms with Crippen molar-refractivity contribution in [3.63, 3.8) is 0 Å². The SMILES string of the molecule is Cc1cc(C)cc(N=C2S/C(=C/c3cc(I)c(O)c([N+](=O)[O-])c3)C(=O)N2C2CCCCC2)c1. The van der Waals surface area contributed by atoms with Gasteiger partial charge in [-0.2, -0.15) is 0 Å². The highest BCUT2D eigenvalue weighted by Crippen LogP contribution is 2.40. The first-order valence-corrected chi connectivity index (χ1v) is 12.7. The number of halogens is 1. The Hall–Kier alpha value is -2.40. The maximum Gasteiger partial charge on any atom is 0.312 e. The van der Waals surface area contributed by atoms with E-state index in [0.717, 1.165) is 42.5 Å². The zero-order valence-electron chi connectivity index (χ0n) is 18.4. The zero-order chi connectivity index (χ0) is 23.7. The van der Waals surface area contributed by atoms with Crippen LogP contribution in [0.4, 0.5) is 11.4 Å². The van der Waals surface area contributed by atoms with E-state index in [9.17, 15) is 20.0 Å². The number of aliphatic imine (C=N–C) groups is 1. The first-order valence-electron chi connectivity index (χ1n) is 10.8. The molecule has 0 spiro atoms. The second-order valence-corrected chi connectivity index (χ2v) is 10.6. The number of amides is 1. The molecule has 0 radical (unpaired) electrons. The van der Waals surface area contributed by atoms with Gasteiger partial charge < -0.3 is 5.11 Å². The van der Waals surface area contributed by atoms with Gasteiger partial charge in [-0.3, -0.25) is 19.8 Å². The van der Waals surface area contributed by atoms with E-state index in [1.807, 2.05) is 53.5 Å². The molecular formula is C24H24IN3O4S. The van der Waals surface area contributed by atoms with Crippen LogP contribution in [0.15, 0.2) is 40.2 Å². The standard InChI is InChI=1S/C24H24IN3O4S/c1-14-8-15(2)10-17(9-14)26-24-27(18-6-4-3-5-7-18)23(30)21(33-24)13-16-11-19(25)22(29)20(12-16)28(31)32/h8-13,18,29H,3-7H2,1-2H3/b21-13+,26-24?. The Bertz CT molecular complexity index is 1170. The summed E-state index contributed by atoms with van der Waals surface area (Å²) in [5, 5.41) is 22.0. The van der Waals surface area contributed by atoms with Gasteiger partial charge in [0.1, 0.15) is 0 Å². The lowest BCUT2D eigenvalue weighted by atomic mass is 9.94. The summed E-state index contributed by atoms with van der Waals surface area (Å²) < 4.78 is 0.359. The highest BCUT2D eigenvalue weighted by Gasteiger charge is 2.38. The van der Waals surface area contributed by atoms with Crippen molar-refractivity contribution in [2.75, 3.05) is 0 Å². The molecule has 2 aromatic carbocycles. The summed E-state index contributed by atoms with van der Waals surface area (Å²) in [6, 6.07) is 9.11. The van der Waals surface area contributed by atoms with Gasteiger partial charge >= 0.3 is 5.69 Å². The fourth-order valence-corrected chi connectivity index (χ4v) is 6.02. The van der Waals surface area contributed by atoms with Gasteiger partial charge in [0, 0.05) is 12.1 Å². The van der Waals surface area contributed by atoms with E-state index in [1.165, 1.54) is 24.2 Å². The van der Waals surface area contributed by atoms with Gasteiger partial charge in [-0.1, -0.05) is 25.3 Å². The quantitative estimate of drug-likeness (QED) is 0.195. The van der Waals surface area contributed by atoms with Gasteiger partial charge in [0.15, 0.2) is 5.17 Å². The average molecular weight is 577 g/mol. The number of nitro benzene ring substituents is 1. The molecular weight excluding hydrogens is 553 g/mol. The van der Waals surface area contributed by atoms with E-state index in [2.05, 4.69) is 6.07 Å². The van der Waals surface area contributed by atoms with E-state index in [4.69, 9.17) is 4.99 Å². The number of hydrogen-bond donors (Lipinski definition) is 1. The normalized spacial score (nSPS) is 19.6. The van der Waals surface area contributed by atoms with Crippen molar-refractivity contribution in [1.82, 2.24) is 4.90 Å². The molecule has 1 N–H and O–H groups in total. The molecule has 1 saturated heterocycles. The maximum absolute atomic E-state index is 13.5. The van der Waals surface area contributed by atoms with Crippen molar-refractivity contribution < 1.29 is 14.8 Å². The highest BCUT2D eigenvalue weighted by molar-refractivity contribution is 14.1. The number of nitro groups is 1. The van der Waals surface area contributed by atoms with E-state index in [-0.39, 0.29) is 23.4 Å². The molecule has 172 valence electrons. The van der Waals surface area contributed by atoms with Crippen LogP contribution in [0, 0.1) is 27.5 Å². The molecule has 1 amide bonds. The number of hydrogen-bond acceptors (Lipinski definition) is 6. The molecule has 1 saturated carbocycles. The number of phenolic OH excluding ortho intramolecular Hbond substituents is 1. The molecule has 7 nitrogen and oxygen atoms in total. The fourth-order valence-electron chi connectivity index (χ4n) is 4.33. The summed E-state index contributed by atoms with van der Waals surface area (Å²) >= 11 is 3.15. The number of phenols is 1. The molecule has 2 aromatic rings. The van der Waals surface area contributed by atoms with Crippen LogP contribution < -0.4 is 0 Å². The molecule has 0 atom stereocenters. The molecule has 1 heterocycles. The number of aromatic hydroxyl groups is 1. The molecule has 1 aliphatic heterocycles. The predicted molar refractivity (Wildman–Crippen MR) is 140 cm³/mol. The van der Waals surface area contributed by atoms with E-state index < -0.39 is 4.92 Å². The Morgan fingerprint density at radius 3 is 2.45 bits per heavy atom. The maximum atomic E-state index is 13.5. The van der Waals surface area contributed by atoms with Gasteiger partial charge in [-0.05, 0) is 102 Å². The van der Waals surface area contributed by atoms with Crippen molar-refractivity contribution in [2.24, 2.45) is 4.99 Å². The van der Waals surface area contributed by atoms with Crippen molar-refractivity contribution in [1.29, 1.82) is 0 Å². The summed E-state index contributed by atoms with van der Waals surface area (Å²) in [4.78, 5) is 31.3. The number of nitrogens with zero attached hydrogens (tertiary/aromatic N) is 3. The lowest BCUT2D eigenvalue weighted by Crippen LogP contribution is -2.40. The van der Waals surface area contributed by atoms with Crippen LogP contribution in [0.3, 0.4) is 0 Å². The molecule has 0 aromatic heterocycles. The minimum Gasteiger partial charge on any atom is -0.501 e. The topological polar surface area (TPSA) is 96.0 Å². The largest absolute Gasteiger partial charge is 0.501 e. The third-order valence-electron chi connectivity index (χ3n) is 5.77. The molecule has 2 fully saturated rings. The Morgan fingerprint density at radius 2 is 1.82 bits per heavy atom. The first kappa shape index (κ1) is 23.7. The summed E-state index contributed by atoms with van der Waals surface area (Å²) in [6.45, 7) is 4.04. The number of amidine groups is 1. The minimum absolute atomic E-state index is 0.101. The molecule has 1 aliphatic carbocycles. The molecule has 0 bridgehead atoms. The van der Waals surface area contributed by atoms with Crippen molar-refractivity contribution in [2.45, 2.75) is 52.0 Å². The zero-order valence-corrected chi connectivity index (χ0v) is 21.4. The van der Waals surface area contributed by atoms with Crippen LogP contribution in [0.5, 0.6) is 5.75 Å². The van der Waals surface area contributed by atoms with Gasteiger partial charge in [0.25, 0.3) is 5.91 Å². The van der Waals surface area contributed by atoms with Crippen LogP contribution in [0.25, 0.3) is 6.08 Å². The van der Waals surface area contributed by atoms with Gasteiger partial charge in [0.2, 0.25) is 5.75 Å². The van der Waals surface area contributed by atoms with Crippen LogP contribution in [0.1, 0.15) is 48.8 Å². The Morgan fingerprint density at radius 1 is 1.15 bits per heavy atom. The Labute approximate surface area is 210 Å². The van der Waals surface area contributed by atoms with E-state index in [0.29, 0.717) is 19.2 Å². The van der Waals surface area contributed by atoms with Gasteiger partial charge in [-0.15, -0.1) is 0 Å². The van der Waals surface area contributed by atoms with Crippen molar-refractivity contribution in [3.05, 3.63) is 65.6 Å². The molecule has 9 heteroatoms. The summed E-state index contributed by atoms with van der Waals surface area (Å²) in [6.07, 6.45) is 6.87. The molecule has 4 rings (SSSR count). The third-order valence-corrected chi connectivity index (χ3v) is 7.57. The van der Waals surface area contributed by atoms with Gasteiger partial charge in [-0.25, -0.2) is 4.99 Å². The van der Waals surface area contributed by atoms with Crippen LogP contribution in [-0.2, 0) is 4.79 Å². The fraction of sp³-hybridized carbons (Fsp3) is 0.333. The highest BCUT2D eigenvalue weighted by atomic mass is 127. The summed E-state index contributed by atoms with van der Waals surface area (Å²) in [5.41, 5.74) is 3.14. The average Bonchev–Trinajstić information content (AvgIpc) is 3.04. The second-order valence-electron chi connectivity index (χ2n) is 8.45. The van der Waals surface area contributed by atoms with Crippen LogP contribution in [0.2, 0.25) is 0 Å². The first-order chi connectivity index (χ1) is 15.7. The lowest BCUT2D eigenvalue weighted by Gasteiger charge is -2.30. The van der Waals surface area contributed by atoms with Crippen LogP contribution >= 0.6 is 34.4 Å². The molecule has 33 heavy (non-hydrogen) atoms. The lowest BCUT2D eigenvalue weighted by molar-refractivity contribution is -0.386. The Balaban J connectivity index is 1.76. The monoisotopic (exact) mass is 577 g/mol. The van der Waals surface area contributed by atoms with Crippen LogP contribution in [-0.4, -0.2) is 32.0 Å². The molecule has 0 unspecified atom stereocenters. The van der Waals surface area contributed by atoms with Crippen molar-refractivity contribution in [3.8, 4) is 5.75 Å². The van der Waals surface area contributed by atoms with Crippen molar-refractivity contribution >= 4 is 62.9 Å². The van der Waals surface area contributed by atoms with Gasteiger partial charge in [0.05, 0.1) is 19.1 Å². The minimum atomic E-state index is -0.621. The second kappa shape index (κ2) is 9.84. The molecule has 2 aliphatic rings. The predicted octanol–water partition coefficient (Wildman–Crippen LogP) is 6.46. The number of thioether (sulfide) groups is 1. The number of aryl methyl sites for hydroxylation is 2. The number of benzene rings is 2. The number of rotatable bonds is 4. The Kier molecular flexibility index (Phi) is 7.08. The smallest absolute Gasteiger partial charge is 0.312 e. The summed E-state index contributed by atoms with van der Waals surface area (Å²) in [5.74, 6) is -0.491. The number of carbonyl (C=O) groups excluding carboxylic acids is 1. The summed E-state index contributed by atoms with van der Waals surface area (Å²) in [7, 11) is 0.